The first kappa shape index (κ1) is 9.81. The van der Waals surface area contributed by atoms with Crippen molar-refractivity contribution in [2.24, 2.45) is 0 Å². The summed E-state index contributed by atoms with van der Waals surface area (Å²) in [6.07, 6.45) is 4.30. The van der Waals surface area contributed by atoms with E-state index in [1.165, 1.54) is 25.0 Å². The van der Waals surface area contributed by atoms with Crippen LogP contribution in [-0.4, -0.2) is 36.3 Å². The lowest BCUT2D eigenvalue weighted by Crippen LogP contribution is -2.50. The van der Waals surface area contributed by atoms with Gasteiger partial charge in [0.15, 0.2) is 0 Å². The molecule has 2 rings (SSSR count). The monoisotopic (exact) mass is 201 g/mol. The molecule has 0 aromatic carbocycles. The lowest BCUT2D eigenvalue weighted by atomic mass is 9.88. The van der Waals surface area contributed by atoms with Gasteiger partial charge in [-0.3, -0.25) is 0 Å². The molecular weight excluding hydrogens is 182 g/mol. The predicted octanol–water partition coefficient (Wildman–Crippen LogP) is 1.65. The zero-order valence-corrected chi connectivity index (χ0v) is 9.27. The van der Waals surface area contributed by atoms with Gasteiger partial charge in [0, 0.05) is 24.4 Å². The standard InChI is InChI=1S/C10H19NOS/c1-7-10(3-4-13-7)11-8-5-9(6-8)12-2/h7-11H,3-6H2,1-2H3. The predicted molar refractivity (Wildman–Crippen MR) is 57.3 cm³/mol. The highest BCUT2D eigenvalue weighted by atomic mass is 32.2. The van der Waals surface area contributed by atoms with E-state index in [-0.39, 0.29) is 0 Å². The van der Waals surface area contributed by atoms with Crippen LogP contribution in [0.5, 0.6) is 0 Å². The molecule has 2 aliphatic rings. The fraction of sp³-hybridized carbons (Fsp3) is 1.00. The number of nitrogens with one attached hydrogen (secondary N) is 1. The Bertz CT molecular complexity index is 170. The van der Waals surface area contributed by atoms with Gasteiger partial charge in [-0.15, -0.1) is 0 Å². The highest BCUT2D eigenvalue weighted by molar-refractivity contribution is 8.00. The number of rotatable bonds is 3. The molecule has 0 radical (unpaired) electrons. The molecule has 13 heavy (non-hydrogen) atoms. The molecule has 0 aromatic rings. The van der Waals surface area contributed by atoms with Gasteiger partial charge in [0.2, 0.25) is 0 Å². The highest BCUT2D eigenvalue weighted by Crippen LogP contribution is 2.30. The van der Waals surface area contributed by atoms with Crippen LogP contribution in [0, 0.1) is 0 Å². The van der Waals surface area contributed by atoms with Crippen LogP contribution in [0.4, 0.5) is 0 Å². The van der Waals surface area contributed by atoms with E-state index in [0.29, 0.717) is 6.10 Å². The molecule has 1 aliphatic carbocycles. The van der Waals surface area contributed by atoms with Gasteiger partial charge in [-0.1, -0.05) is 6.92 Å². The molecule has 0 spiro atoms. The maximum Gasteiger partial charge on any atom is 0.0601 e. The average molecular weight is 201 g/mol. The van der Waals surface area contributed by atoms with Crippen molar-refractivity contribution in [2.75, 3.05) is 12.9 Å². The van der Waals surface area contributed by atoms with Gasteiger partial charge in [-0.25, -0.2) is 0 Å². The van der Waals surface area contributed by atoms with Gasteiger partial charge in [-0.2, -0.15) is 11.8 Å². The van der Waals surface area contributed by atoms with Crippen molar-refractivity contribution in [1.82, 2.24) is 5.32 Å². The molecule has 2 fully saturated rings. The summed E-state index contributed by atoms with van der Waals surface area (Å²) in [6, 6.07) is 1.49. The Hall–Kier alpha value is 0.270. The van der Waals surface area contributed by atoms with Crippen LogP contribution in [-0.2, 0) is 4.74 Å². The Labute approximate surface area is 84.8 Å². The van der Waals surface area contributed by atoms with Crippen molar-refractivity contribution < 1.29 is 4.74 Å². The summed E-state index contributed by atoms with van der Waals surface area (Å²) in [5.41, 5.74) is 0. The van der Waals surface area contributed by atoms with E-state index < -0.39 is 0 Å². The van der Waals surface area contributed by atoms with E-state index in [4.69, 9.17) is 4.74 Å². The summed E-state index contributed by atoms with van der Waals surface area (Å²) in [7, 11) is 1.81. The van der Waals surface area contributed by atoms with Gasteiger partial charge in [-0.05, 0) is 25.0 Å². The molecule has 0 aromatic heterocycles. The maximum atomic E-state index is 5.26. The first-order valence-corrected chi connectivity index (χ1v) is 6.25. The summed E-state index contributed by atoms with van der Waals surface area (Å²) in [6.45, 7) is 2.34. The lowest BCUT2D eigenvalue weighted by molar-refractivity contribution is 0.0144. The third kappa shape index (κ3) is 2.20. The summed E-state index contributed by atoms with van der Waals surface area (Å²) in [5.74, 6) is 1.33. The quantitative estimate of drug-likeness (QED) is 0.750. The Morgan fingerprint density at radius 1 is 1.38 bits per heavy atom. The van der Waals surface area contributed by atoms with E-state index in [0.717, 1.165) is 17.3 Å². The van der Waals surface area contributed by atoms with Gasteiger partial charge in [0.25, 0.3) is 0 Å². The normalized spacial score (nSPS) is 44.8. The number of thioether (sulfide) groups is 1. The Morgan fingerprint density at radius 3 is 2.69 bits per heavy atom. The van der Waals surface area contributed by atoms with E-state index in [1.54, 1.807) is 0 Å². The third-order valence-corrected chi connectivity index (χ3v) is 4.58. The molecule has 1 N–H and O–H groups in total. The second-order valence-corrected chi connectivity index (χ2v) is 5.65. The van der Waals surface area contributed by atoms with Crippen LogP contribution in [0.3, 0.4) is 0 Å². The molecule has 3 heteroatoms. The summed E-state index contributed by atoms with van der Waals surface area (Å²) in [4.78, 5) is 0. The van der Waals surface area contributed by atoms with Crippen LogP contribution in [0.2, 0.25) is 0 Å². The van der Waals surface area contributed by atoms with E-state index in [2.05, 4.69) is 24.0 Å². The Kier molecular flexibility index (Phi) is 3.17. The summed E-state index contributed by atoms with van der Waals surface area (Å²) in [5, 5.41) is 4.54. The highest BCUT2D eigenvalue weighted by Gasteiger charge is 2.33. The molecule has 0 amide bonds. The van der Waals surface area contributed by atoms with Crippen LogP contribution >= 0.6 is 11.8 Å². The van der Waals surface area contributed by atoms with Crippen molar-refractivity contribution in [1.29, 1.82) is 0 Å². The Balaban J connectivity index is 1.68. The van der Waals surface area contributed by atoms with Gasteiger partial charge < -0.3 is 10.1 Å². The van der Waals surface area contributed by atoms with Crippen LogP contribution in [0.15, 0.2) is 0 Å². The van der Waals surface area contributed by atoms with E-state index in [1.807, 2.05) is 7.11 Å². The third-order valence-electron chi connectivity index (χ3n) is 3.25. The van der Waals surface area contributed by atoms with Crippen molar-refractivity contribution in [3.05, 3.63) is 0 Å². The molecule has 2 atom stereocenters. The molecule has 76 valence electrons. The van der Waals surface area contributed by atoms with E-state index >= 15 is 0 Å². The fourth-order valence-electron chi connectivity index (χ4n) is 2.15. The van der Waals surface area contributed by atoms with Crippen molar-refractivity contribution >= 4 is 11.8 Å². The number of methoxy groups -OCH3 is 1. The maximum absolute atomic E-state index is 5.26. The number of hydrogen-bond donors (Lipinski definition) is 1. The minimum Gasteiger partial charge on any atom is -0.381 e. The van der Waals surface area contributed by atoms with Crippen LogP contribution < -0.4 is 5.32 Å². The van der Waals surface area contributed by atoms with E-state index in [9.17, 15) is 0 Å². The molecule has 1 saturated heterocycles. The molecule has 1 aliphatic heterocycles. The first-order chi connectivity index (χ1) is 6.29. The number of hydrogen-bond acceptors (Lipinski definition) is 3. The minimum absolute atomic E-state index is 0.530. The minimum atomic E-state index is 0.530. The van der Waals surface area contributed by atoms with Crippen molar-refractivity contribution in [3.63, 3.8) is 0 Å². The molecule has 2 nitrogen and oxygen atoms in total. The van der Waals surface area contributed by atoms with Gasteiger partial charge in [0.1, 0.15) is 0 Å². The van der Waals surface area contributed by atoms with Crippen molar-refractivity contribution in [3.8, 4) is 0 Å². The van der Waals surface area contributed by atoms with Crippen LogP contribution in [0.1, 0.15) is 26.2 Å². The molecule has 2 unspecified atom stereocenters. The van der Waals surface area contributed by atoms with Crippen molar-refractivity contribution in [2.45, 2.75) is 49.6 Å². The second kappa shape index (κ2) is 4.20. The zero-order valence-electron chi connectivity index (χ0n) is 8.45. The summed E-state index contributed by atoms with van der Waals surface area (Å²) < 4.78 is 5.26. The zero-order chi connectivity index (χ0) is 9.26. The van der Waals surface area contributed by atoms with Crippen LogP contribution in [0.25, 0.3) is 0 Å². The average Bonchev–Trinajstić information content (AvgIpc) is 2.43. The van der Waals surface area contributed by atoms with Gasteiger partial charge >= 0.3 is 0 Å². The van der Waals surface area contributed by atoms with Gasteiger partial charge in [0.05, 0.1) is 6.10 Å². The molecule has 1 heterocycles. The largest absolute Gasteiger partial charge is 0.381 e. The smallest absolute Gasteiger partial charge is 0.0601 e. The molecule has 1 saturated carbocycles. The molecular formula is C10H19NOS. The molecule has 0 bridgehead atoms. The summed E-state index contributed by atoms with van der Waals surface area (Å²) >= 11 is 2.09. The fourth-order valence-corrected chi connectivity index (χ4v) is 3.36. The SMILES string of the molecule is COC1CC(NC2CCSC2C)C1. The topological polar surface area (TPSA) is 21.3 Å². The first-order valence-electron chi connectivity index (χ1n) is 5.20. The lowest BCUT2D eigenvalue weighted by Gasteiger charge is -2.37. The Morgan fingerprint density at radius 2 is 2.15 bits per heavy atom. The second-order valence-electron chi connectivity index (χ2n) is 4.16. The number of ether oxygens (including phenoxy) is 1.